The number of piperazine rings is 1. The molecule has 5 rings (SSSR count). The Labute approximate surface area is 195 Å². The van der Waals surface area contributed by atoms with Crippen LogP contribution in [-0.2, 0) is 12.8 Å². The van der Waals surface area contributed by atoms with Gasteiger partial charge in [-0.25, -0.2) is 14.6 Å². The first-order chi connectivity index (χ1) is 16.1. The van der Waals surface area contributed by atoms with Crippen molar-refractivity contribution < 1.29 is 0 Å². The van der Waals surface area contributed by atoms with Crippen molar-refractivity contribution in [3.63, 3.8) is 0 Å². The van der Waals surface area contributed by atoms with Gasteiger partial charge >= 0.3 is 0 Å². The lowest BCUT2D eigenvalue weighted by molar-refractivity contribution is 0.252. The molecule has 1 fully saturated rings. The Kier molecular flexibility index (Phi) is 6.31. The number of nitrogen functional groups attached to an aromatic ring is 1. The number of hydrogen-bond acceptors (Lipinski definition) is 6. The maximum Gasteiger partial charge on any atom is 0.275 e. The maximum atomic E-state index is 12.7. The molecule has 0 spiro atoms. The first kappa shape index (κ1) is 21.9. The highest BCUT2D eigenvalue weighted by atomic mass is 16.1. The predicted octanol–water partition coefficient (Wildman–Crippen LogP) is 3.09. The highest BCUT2D eigenvalue weighted by Gasteiger charge is 2.23. The van der Waals surface area contributed by atoms with Gasteiger partial charge in [-0.05, 0) is 62.8 Å². The molecule has 1 saturated heterocycles. The average Bonchev–Trinajstić information content (AvgIpc) is 2.85. The first-order valence-electron chi connectivity index (χ1n) is 12.3. The van der Waals surface area contributed by atoms with Gasteiger partial charge in [0.25, 0.3) is 5.56 Å². The van der Waals surface area contributed by atoms with Crippen LogP contribution in [-0.4, -0.2) is 52.3 Å². The van der Waals surface area contributed by atoms with Crippen LogP contribution in [0.2, 0.25) is 0 Å². The van der Waals surface area contributed by atoms with Crippen LogP contribution in [0.25, 0.3) is 10.9 Å². The summed E-state index contributed by atoms with van der Waals surface area (Å²) in [6.07, 6.45) is 5.79. The monoisotopic (exact) mass is 446 g/mol. The van der Waals surface area contributed by atoms with E-state index in [1.54, 1.807) is 0 Å². The Balaban J connectivity index is 1.11. The second kappa shape index (κ2) is 9.51. The fourth-order valence-corrected chi connectivity index (χ4v) is 5.22. The van der Waals surface area contributed by atoms with Crippen molar-refractivity contribution in [1.82, 2.24) is 19.5 Å². The van der Waals surface area contributed by atoms with Crippen LogP contribution >= 0.6 is 0 Å². The van der Waals surface area contributed by atoms with Crippen LogP contribution < -0.4 is 16.3 Å². The highest BCUT2D eigenvalue weighted by molar-refractivity contribution is 5.80. The zero-order valence-corrected chi connectivity index (χ0v) is 19.5. The van der Waals surface area contributed by atoms with Gasteiger partial charge in [0.2, 0.25) is 0 Å². The van der Waals surface area contributed by atoms with E-state index >= 15 is 0 Å². The molecule has 7 heteroatoms. The van der Waals surface area contributed by atoms with Crippen LogP contribution in [0.1, 0.15) is 55.6 Å². The largest absolute Gasteiger partial charge is 0.354 e. The average molecular weight is 447 g/mol. The van der Waals surface area contributed by atoms with E-state index in [1.807, 2.05) is 6.07 Å². The molecule has 3 aromatic rings. The van der Waals surface area contributed by atoms with E-state index in [0.717, 1.165) is 99.7 Å². The summed E-state index contributed by atoms with van der Waals surface area (Å²) >= 11 is 0. The normalized spacial score (nSPS) is 19.1. The van der Waals surface area contributed by atoms with Crippen molar-refractivity contribution in [2.75, 3.05) is 43.5 Å². The summed E-state index contributed by atoms with van der Waals surface area (Å²) in [6, 6.07) is 12.6. The Bertz CT molecular complexity index is 1180. The fourth-order valence-electron chi connectivity index (χ4n) is 5.22. The number of nitrogens with zero attached hydrogens (tertiary/aromatic N) is 5. The number of unbranched alkanes of at least 4 members (excludes halogenated alkanes) is 1. The lowest BCUT2D eigenvalue weighted by Gasteiger charge is -2.35. The second-order valence-corrected chi connectivity index (χ2v) is 9.51. The third kappa shape index (κ3) is 4.60. The summed E-state index contributed by atoms with van der Waals surface area (Å²) < 4.78 is 1.30. The van der Waals surface area contributed by atoms with Gasteiger partial charge in [0.05, 0.1) is 11.2 Å². The Hall–Kier alpha value is -2.93. The molecule has 174 valence electrons. The summed E-state index contributed by atoms with van der Waals surface area (Å²) in [5.41, 5.74) is 2.83. The smallest absolute Gasteiger partial charge is 0.275 e. The molecule has 0 saturated carbocycles. The minimum atomic E-state index is -0.0417. The van der Waals surface area contributed by atoms with Crippen LogP contribution in [0, 0.1) is 0 Å². The predicted molar refractivity (Wildman–Crippen MR) is 133 cm³/mol. The third-order valence-corrected chi connectivity index (χ3v) is 7.25. The van der Waals surface area contributed by atoms with E-state index < -0.39 is 0 Å². The minimum Gasteiger partial charge on any atom is -0.354 e. The lowest BCUT2D eigenvalue weighted by Crippen LogP contribution is -2.46. The number of fused-ring (bicyclic) bond motifs is 2. The summed E-state index contributed by atoms with van der Waals surface area (Å²) in [5.74, 6) is 8.27. The molecule has 1 unspecified atom stereocenters. The van der Waals surface area contributed by atoms with Crippen LogP contribution in [0.15, 0.2) is 41.2 Å². The number of anilines is 1. The molecule has 0 bridgehead atoms. The molecule has 2 aliphatic rings. The summed E-state index contributed by atoms with van der Waals surface area (Å²) in [4.78, 5) is 27.2. The van der Waals surface area contributed by atoms with Crippen molar-refractivity contribution in [2.24, 2.45) is 0 Å². The van der Waals surface area contributed by atoms with Crippen molar-refractivity contribution in [2.45, 2.75) is 51.4 Å². The number of benzene rings is 1. The summed E-state index contributed by atoms with van der Waals surface area (Å²) in [6.45, 7) is 7.32. The zero-order chi connectivity index (χ0) is 22.8. The number of rotatable bonds is 6. The fraction of sp³-hybridized carbons (Fsp3) is 0.500. The Morgan fingerprint density at radius 1 is 1.03 bits per heavy atom. The number of aryl methyl sites for hydroxylation is 1. The van der Waals surface area contributed by atoms with Gasteiger partial charge in [-0.1, -0.05) is 25.1 Å². The van der Waals surface area contributed by atoms with E-state index in [2.05, 4.69) is 47.1 Å². The molecule has 7 nitrogen and oxygen atoms in total. The van der Waals surface area contributed by atoms with Gasteiger partial charge in [-0.2, -0.15) is 0 Å². The molecule has 3 heterocycles. The molecule has 1 aliphatic carbocycles. The SMILES string of the molecule is CC1CCCc2c1nc(CCCCN1CCN(c3ccc4ccccc4n3)CC1)n(N)c2=O. The van der Waals surface area contributed by atoms with Crippen molar-refractivity contribution in [1.29, 1.82) is 0 Å². The molecule has 1 aromatic carbocycles. The first-order valence-corrected chi connectivity index (χ1v) is 12.3. The quantitative estimate of drug-likeness (QED) is 0.463. The van der Waals surface area contributed by atoms with Crippen LogP contribution in [0.3, 0.4) is 0 Å². The number of nitrogens with two attached hydrogens (primary N) is 1. The van der Waals surface area contributed by atoms with Crippen LogP contribution in [0.5, 0.6) is 0 Å². The lowest BCUT2D eigenvalue weighted by atomic mass is 9.88. The molecule has 2 aromatic heterocycles. The molecular weight excluding hydrogens is 412 g/mol. The van der Waals surface area contributed by atoms with Crippen molar-refractivity contribution in [3.05, 3.63) is 63.8 Å². The number of aromatic nitrogens is 3. The zero-order valence-electron chi connectivity index (χ0n) is 19.5. The van der Waals surface area contributed by atoms with Gasteiger partial charge in [0, 0.05) is 43.5 Å². The van der Waals surface area contributed by atoms with Crippen molar-refractivity contribution >= 4 is 16.7 Å². The van der Waals surface area contributed by atoms with Gasteiger partial charge < -0.3 is 10.7 Å². The van der Waals surface area contributed by atoms with Gasteiger partial charge in [-0.15, -0.1) is 0 Å². The molecule has 2 N–H and O–H groups in total. The number of pyridine rings is 1. The standard InChI is InChI=1S/C26H34N6O/c1-19-7-6-9-21-25(19)29-24(32(27)26(21)33)11-4-5-14-30-15-17-31(18-16-30)23-13-12-20-8-2-3-10-22(20)28-23/h2-3,8,10,12-13,19H,4-7,9,11,14-18,27H2,1H3. The molecule has 0 radical (unpaired) electrons. The minimum absolute atomic E-state index is 0.0417. The van der Waals surface area contributed by atoms with Crippen molar-refractivity contribution in [3.8, 4) is 0 Å². The van der Waals surface area contributed by atoms with E-state index in [4.69, 9.17) is 15.8 Å². The Morgan fingerprint density at radius 3 is 2.70 bits per heavy atom. The summed E-state index contributed by atoms with van der Waals surface area (Å²) in [5, 5.41) is 1.19. The molecular formula is C26H34N6O. The number of hydrogen-bond donors (Lipinski definition) is 1. The molecule has 0 amide bonds. The van der Waals surface area contributed by atoms with Gasteiger partial charge in [-0.3, -0.25) is 9.69 Å². The van der Waals surface area contributed by atoms with E-state index in [1.165, 1.54) is 10.1 Å². The topological polar surface area (TPSA) is 80.3 Å². The summed E-state index contributed by atoms with van der Waals surface area (Å²) in [7, 11) is 0. The second-order valence-electron chi connectivity index (χ2n) is 9.51. The molecule has 1 atom stereocenters. The van der Waals surface area contributed by atoms with Crippen LogP contribution in [0.4, 0.5) is 5.82 Å². The number of para-hydroxylation sites is 1. The van der Waals surface area contributed by atoms with E-state index in [0.29, 0.717) is 5.92 Å². The maximum absolute atomic E-state index is 12.7. The van der Waals surface area contributed by atoms with Gasteiger partial charge in [0.1, 0.15) is 11.6 Å². The highest BCUT2D eigenvalue weighted by Crippen LogP contribution is 2.27. The molecule has 33 heavy (non-hydrogen) atoms. The molecule has 1 aliphatic heterocycles. The van der Waals surface area contributed by atoms with E-state index in [-0.39, 0.29) is 5.56 Å². The Morgan fingerprint density at radius 2 is 1.85 bits per heavy atom. The third-order valence-electron chi connectivity index (χ3n) is 7.25. The van der Waals surface area contributed by atoms with Gasteiger partial charge in [0.15, 0.2) is 0 Å². The van der Waals surface area contributed by atoms with E-state index in [9.17, 15) is 4.79 Å².